The molecule has 0 atom stereocenters. The normalized spacial score (nSPS) is 9.75. The van der Waals surface area contributed by atoms with Gasteiger partial charge in [0.15, 0.2) is 0 Å². The van der Waals surface area contributed by atoms with Crippen molar-refractivity contribution in [3.63, 3.8) is 0 Å². The first-order valence-electron chi connectivity index (χ1n) is 4.65. The van der Waals surface area contributed by atoms with E-state index in [-0.39, 0.29) is 5.69 Å². The Morgan fingerprint density at radius 3 is 2.56 bits per heavy atom. The van der Waals surface area contributed by atoms with E-state index in [1.54, 1.807) is 18.2 Å². The molecule has 0 heterocycles. The Hall–Kier alpha value is -2.36. The van der Waals surface area contributed by atoms with Crippen LogP contribution in [0.15, 0.2) is 48.5 Å². The van der Waals surface area contributed by atoms with Crippen LogP contribution in [0.25, 0.3) is 0 Å². The maximum atomic E-state index is 10.5. The third-order valence-electron chi connectivity index (χ3n) is 1.93. The molecule has 1 radical (unpaired) electrons. The summed E-state index contributed by atoms with van der Waals surface area (Å²) in [5, 5.41) is 10.5. The average molecular weight is 214 g/mol. The van der Waals surface area contributed by atoms with Crippen molar-refractivity contribution in [3.8, 4) is 11.5 Å². The molecule has 0 aromatic heterocycles. The van der Waals surface area contributed by atoms with E-state index in [0.717, 1.165) is 0 Å². The molecule has 0 bridgehead atoms. The first-order valence-corrected chi connectivity index (χ1v) is 4.65. The van der Waals surface area contributed by atoms with Crippen LogP contribution in [0.4, 0.5) is 5.69 Å². The minimum Gasteiger partial charge on any atom is -0.457 e. The van der Waals surface area contributed by atoms with Gasteiger partial charge in [-0.1, -0.05) is 18.2 Å². The fourth-order valence-corrected chi connectivity index (χ4v) is 1.23. The lowest BCUT2D eigenvalue weighted by Gasteiger charge is -2.04. The zero-order valence-corrected chi connectivity index (χ0v) is 8.29. The number of ether oxygens (including phenoxy) is 1. The minimum absolute atomic E-state index is 0.103. The van der Waals surface area contributed by atoms with Crippen molar-refractivity contribution in [2.45, 2.75) is 0 Å². The molecule has 0 amide bonds. The summed E-state index contributed by atoms with van der Waals surface area (Å²) < 4.78 is 5.44. The Kier molecular flexibility index (Phi) is 2.82. The predicted molar refractivity (Wildman–Crippen MR) is 58.4 cm³/mol. The molecule has 2 aromatic rings. The van der Waals surface area contributed by atoms with Crippen molar-refractivity contribution in [2.24, 2.45) is 0 Å². The third-order valence-corrected chi connectivity index (χ3v) is 1.93. The topological polar surface area (TPSA) is 52.4 Å². The monoisotopic (exact) mass is 214 g/mol. The van der Waals surface area contributed by atoms with E-state index in [1.807, 2.05) is 18.2 Å². The third kappa shape index (κ3) is 2.36. The Morgan fingerprint density at radius 2 is 1.88 bits per heavy atom. The van der Waals surface area contributed by atoms with Gasteiger partial charge in [0.05, 0.1) is 17.1 Å². The van der Waals surface area contributed by atoms with Gasteiger partial charge >= 0.3 is 0 Å². The van der Waals surface area contributed by atoms with Gasteiger partial charge in [-0.25, -0.2) is 0 Å². The van der Waals surface area contributed by atoms with Gasteiger partial charge in [0.1, 0.15) is 11.5 Å². The smallest absolute Gasteiger partial charge is 0.281 e. The van der Waals surface area contributed by atoms with Gasteiger partial charge in [0.2, 0.25) is 0 Å². The molecule has 0 unspecified atom stereocenters. The number of nitrogens with zero attached hydrogens (tertiary/aromatic N) is 1. The summed E-state index contributed by atoms with van der Waals surface area (Å²) >= 11 is 0. The number of nitro groups is 1. The fraction of sp³-hybridized carbons (Fsp3) is 0. The molecular formula is C12H8NO3. The zero-order valence-electron chi connectivity index (χ0n) is 8.29. The summed E-state index contributed by atoms with van der Waals surface area (Å²) in [5.74, 6) is 1.07. The number of hydrogen-bond acceptors (Lipinski definition) is 3. The molecular weight excluding hydrogens is 206 g/mol. The summed E-state index contributed by atoms with van der Waals surface area (Å²) in [4.78, 5) is 10.0. The van der Waals surface area contributed by atoms with Gasteiger partial charge in [-0.05, 0) is 24.3 Å². The van der Waals surface area contributed by atoms with Gasteiger partial charge in [0.25, 0.3) is 5.69 Å². The van der Waals surface area contributed by atoms with Gasteiger partial charge in [-0.3, -0.25) is 10.1 Å². The predicted octanol–water partition coefficient (Wildman–Crippen LogP) is 3.19. The van der Waals surface area contributed by atoms with Crippen LogP contribution < -0.4 is 4.74 Å². The highest BCUT2D eigenvalue weighted by Gasteiger charge is 2.07. The van der Waals surface area contributed by atoms with E-state index in [0.29, 0.717) is 11.5 Å². The van der Waals surface area contributed by atoms with E-state index in [4.69, 9.17) is 4.74 Å². The Bertz CT molecular complexity index is 497. The summed E-state index contributed by atoms with van der Waals surface area (Å²) in [6, 6.07) is 16.0. The molecule has 0 saturated carbocycles. The van der Waals surface area contributed by atoms with Gasteiger partial charge < -0.3 is 4.74 Å². The molecule has 0 saturated heterocycles. The summed E-state index contributed by atoms with van der Waals surface area (Å²) in [6.07, 6.45) is 0. The number of nitro benzene ring substituents is 1. The first-order chi connectivity index (χ1) is 7.75. The average Bonchev–Trinajstić information content (AvgIpc) is 2.30. The standard InChI is InChI=1S/C12H8NO3/c14-13(15)10-5-4-8-12(9-10)16-11-6-2-1-3-7-11/h1-4,6-9H. The van der Waals surface area contributed by atoms with E-state index in [1.165, 1.54) is 12.1 Å². The van der Waals surface area contributed by atoms with Crippen LogP contribution in [0.1, 0.15) is 0 Å². The van der Waals surface area contributed by atoms with Gasteiger partial charge in [-0.15, -0.1) is 0 Å². The highest BCUT2D eigenvalue weighted by atomic mass is 16.6. The summed E-state index contributed by atoms with van der Waals surface area (Å²) in [6.45, 7) is 0. The maximum Gasteiger partial charge on any atom is 0.281 e. The van der Waals surface area contributed by atoms with Crippen LogP contribution in [0.5, 0.6) is 11.5 Å². The van der Waals surface area contributed by atoms with Crippen LogP contribution in [0, 0.1) is 16.2 Å². The van der Waals surface area contributed by atoms with Crippen LogP contribution in [-0.2, 0) is 0 Å². The van der Waals surface area contributed by atoms with Crippen LogP contribution in [0.3, 0.4) is 0 Å². The second-order valence-corrected chi connectivity index (χ2v) is 3.08. The molecule has 0 aliphatic heterocycles. The van der Waals surface area contributed by atoms with Crippen LogP contribution in [-0.4, -0.2) is 4.92 Å². The quantitative estimate of drug-likeness (QED) is 0.582. The van der Waals surface area contributed by atoms with Crippen molar-refractivity contribution in [1.29, 1.82) is 0 Å². The van der Waals surface area contributed by atoms with Crippen molar-refractivity contribution in [1.82, 2.24) is 0 Å². The number of rotatable bonds is 3. The Balaban J connectivity index is 2.22. The van der Waals surface area contributed by atoms with E-state index < -0.39 is 4.92 Å². The molecule has 0 aliphatic rings. The molecule has 79 valence electrons. The zero-order chi connectivity index (χ0) is 11.4. The van der Waals surface area contributed by atoms with E-state index in [9.17, 15) is 10.1 Å². The highest BCUT2D eigenvalue weighted by molar-refractivity contribution is 5.39. The molecule has 2 aromatic carbocycles. The maximum absolute atomic E-state index is 10.5. The Labute approximate surface area is 92.3 Å². The largest absolute Gasteiger partial charge is 0.457 e. The molecule has 0 fully saturated rings. The summed E-state index contributed by atoms with van der Waals surface area (Å²) in [7, 11) is 0. The summed E-state index contributed by atoms with van der Waals surface area (Å²) in [5.41, 5.74) is -0.103. The highest BCUT2D eigenvalue weighted by Crippen LogP contribution is 2.24. The molecule has 4 nitrogen and oxygen atoms in total. The number of non-ortho nitro benzene ring substituents is 1. The van der Waals surface area contributed by atoms with Crippen molar-refractivity contribution < 1.29 is 9.66 Å². The lowest BCUT2D eigenvalue weighted by Crippen LogP contribution is -1.89. The second kappa shape index (κ2) is 4.44. The molecule has 0 N–H and O–H groups in total. The van der Waals surface area contributed by atoms with Crippen molar-refractivity contribution in [3.05, 3.63) is 64.7 Å². The molecule has 4 heteroatoms. The molecule has 0 aliphatic carbocycles. The molecule has 2 rings (SSSR count). The molecule has 16 heavy (non-hydrogen) atoms. The van der Waals surface area contributed by atoms with Crippen LogP contribution >= 0.6 is 0 Å². The molecule has 0 spiro atoms. The van der Waals surface area contributed by atoms with E-state index in [2.05, 4.69) is 6.07 Å². The minimum atomic E-state index is -0.502. The lowest BCUT2D eigenvalue weighted by atomic mass is 10.3. The number of hydrogen-bond donors (Lipinski definition) is 0. The Morgan fingerprint density at radius 1 is 1.12 bits per heavy atom. The van der Waals surface area contributed by atoms with Gasteiger partial charge in [-0.2, -0.15) is 0 Å². The van der Waals surface area contributed by atoms with Crippen LogP contribution in [0.2, 0.25) is 0 Å². The number of para-hydroxylation sites is 1. The number of benzene rings is 2. The fourth-order valence-electron chi connectivity index (χ4n) is 1.23. The SMILES string of the molecule is O=[N+]([O-])c1[c]ccc(Oc2ccccc2)c1. The lowest BCUT2D eigenvalue weighted by molar-refractivity contribution is -0.385. The van der Waals surface area contributed by atoms with Crippen molar-refractivity contribution in [2.75, 3.05) is 0 Å². The van der Waals surface area contributed by atoms with E-state index >= 15 is 0 Å². The second-order valence-electron chi connectivity index (χ2n) is 3.08. The van der Waals surface area contributed by atoms with Crippen molar-refractivity contribution >= 4 is 5.69 Å². The first kappa shape index (κ1) is 10.2. The van der Waals surface area contributed by atoms with Gasteiger partial charge in [0, 0.05) is 0 Å².